The summed E-state index contributed by atoms with van der Waals surface area (Å²) in [5.74, 6) is -0.367. The summed E-state index contributed by atoms with van der Waals surface area (Å²) in [6.07, 6.45) is 0.536. The Hall–Kier alpha value is -2.62. The Balaban J connectivity index is 1.92. The lowest BCUT2D eigenvalue weighted by molar-refractivity contribution is 0.528. The monoisotopic (exact) mass is 335 g/mol. The lowest BCUT2D eigenvalue weighted by Gasteiger charge is -2.18. The van der Waals surface area contributed by atoms with Gasteiger partial charge < -0.3 is 10.2 Å². The van der Waals surface area contributed by atoms with Crippen LogP contribution in [0.5, 0.6) is 0 Å². The number of aromatic nitrogens is 1. The maximum atomic E-state index is 11.6. The van der Waals surface area contributed by atoms with Crippen LogP contribution in [0, 0.1) is 11.3 Å². The number of oxazole rings is 1. The van der Waals surface area contributed by atoms with Crippen LogP contribution in [0.2, 0.25) is 6.55 Å². The summed E-state index contributed by atoms with van der Waals surface area (Å²) in [5, 5.41) is 8.41. The van der Waals surface area contributed by atoms with Crippen molar-refractivity contribution >= 4 is 20.6 Å². The molecule has 0 fully saturated rings. The van der Waals surface area contributed by atoms with Crippen LogP contribution < -0.4 is 11.5 Å². The lowest BCUT2D eigenvalue weighted by atomic mass is 10.0. The zero-order valence-electron chi connectivity index (χ0n) is 13.5. The van der Waals surface area contributed by atoms with Crippen LogP contribution in [0.15, 0.2) is 51.7 Å². The van der Waals surface area contributed by atoms with Gasteiger partial charge in [-0.05, 0) is 28.8 Å². The molecule has 0 unspecified atom stereocenters. The summed E-state index contributed by atoms with van der Waals surface area (Å²) in [7, 11) is 2.05. The third kappa shape index (κ3) is 2.92. The second-order valence-corrected chi connectivity index (χ2v) is 7.21. The number of aryl methyl sites for hydroxylation is 1. The van der Waals surface area contributed by atoms with Crippen LogP contribution >= 0.6 is 0 Å². The fraction of sp³-hybridized carbons (Fsp3) is 0.222. The molecule has 1 atom stereocenters. The van der Waals surface area contributed by atoms with Gasteiger partial charge >= 0.3 is 5.76 Å². The number of fused-ring (bicyclic) bond motifs is 1. The number of hydrogen-bond donors (Lipinski definition) is 1. The van der Waals surface area contributed by atoms with Gasteiger partial charge in [0.15, 0.2) is 5.58 Å². The molecule has 1 heterocycles. The van der Waals surface area contributed by atoms with E-state index in [-0.39, 0.29) is 5.76 Å². The number of benzene rings is 2. The first-order chi connectivity index (χ1) is 11.5. The fourth-order valence-electron chi connectivity index (χ4n) is 2.63. The highest BCUT2D eigenvalue weighted by Gasteiger charge is 2.22. The summed E-state index contributed by atoms with van der Waals surface area (Å²) in [6.45, 7) is 1.95. The summed E-state index contributed by atoms with van der Waals surface area (Å²) in [6, 6.07) is 15.9. The Morgan fingerprint density at radius 2 is 1.92 bits per heavy atom. The van der Waals surface area contributed by atoms with Gasteiger partial charge in [0.1, 0.15) is 0 Å². The number of nitrogens with two attached hydrogens (primary N) is 1. The van der Waals surface area contributed by atoms with Crippen LogP contribution in [0.3, 0.4) is 0 Å². The highest BCUT2D eigenvalue weighted by atomic mass is 28.2. The Kier molecular flexibility index (Phi) is 4.14. The molecule has 0 saturated carbocycles. The number of hydrogen-bond acceptors (Lipinski definition) is 4. The van der Waals surface area contributed by atoms with E-state index >= 15 is 0 Å². The second-order valence-electron chi connectivity index (χ2n) is 5.82. The quantitative estimate of drug-likeness (QED) is 0.741. The smallest absolute Gasteiger partial charge is 0.408 e. The Morgan fingerprint density at radius 3 is 2.54 bits per heavy atom. The van der Waals surface area contributed by atoms with E-state index in [1.165, 1.54) is 4.57 Å². The zero-order valence-corrected chi connectivity index (χ0v) is 14.5. The van der Waals surface area contributed by atoms with Crippen molar-refractivity contribution in [3.63, 3.8) is 0 Å². The summed E-state index contributed by atoms with van der Waals surface area (Å²) in [5.41, 5.74) is 10.5. The molecule has 6 heteroatoms. The molecular weight excluding hydrogens is 318 g/mol. The molecule has 0 bridgehead atoms. The van der Waals surface area contributed by atoms with Gasteiger partial charge in [0, 0.05) is 13.5 Å². The Bertz CT molecular complexity index is 982. The Labute approximate surface area is 142 Å². The zero-order chi connectivity index (χ0) is 17.3. The molecular formula is C18H17N3O2Si. The van der Waals surface area contributed by atoms with E-state index in [1.54, 1.807) is 13.1 Å². The lowest BCUT2D eigenvalue weighted by Crippen LogP contribution is -2.45. The predicted octanol–water partition coefficient (Wildman–Crippen LogP) is 2.27. The van der Waals surface area contributed by atoms with Crippen molar-refractivity contribution in [1.29, 1.82) is 5.26 Å². The van der Waals surface area contributed by atoms with E-state index in [0.29, 0.717) is 21.5 Å². The van der Waals surface area contributed by atoms with Crippen LogP contribution in [0.4, 0.5) is 0 Å². The molecule has 2 radical (unpaired) electrons. The van der Waals surface area contributed by atoms with Crippen molar-refractivity contribution in [1.82, 2.24) is 4.57 Å². The van der Waals surface area contributed by atoms with Crippen LogP contribution in [0.1, 0.15) is 5.56 Å². The van der Waals surface area contributed by atoms with Gasteiger partial charge in [-0.25, -0.2) is 4.79 Å². The molecule has 0 aliphatic rings. The van der Waals surface area contributed by atoms with Crippen molar-refractivity contribution in [3.8, 4) is 17.2 Å². The highest BCUT2D eigenvalue weighted by molar-refractivity contribution is 6.39. The molecule has 120 valence electrons. The topological polar surface area (TPSA) is 85.0 Å². The molecule has 24 heavy (non-hydrogen) atoms. The van der Waals surface area contributed by atoms with Gasteiger partial charge in [-0.2, -0.15) is 5.26 Å². The Morgan fingerprint density at radius 1 is 1.25 bits per heavy atom. The molecule has 3 rings (SSSR count). The third-order valence-electron chi connectivity index (χ3n) is 4.21. The van der Waals surface area contributed by atoms with E-state index in [1.807, 2.05) is 42.9 Å². The van der Waals surface area contributed by atoms with Gasteiger partial charge in [-0.3, -0.25) is 4.57 Å². The van der Waals surface area contributed by atoms with E-state index in [9.17, 15) is 10.1 Å². The van der Waals surface area contributed by atoms with Crippen molar-refractivity contribution in [2.45, 2.75) is 18.1 Å². The molecule has 0 spiro atoms. The standard InChI is InChI=1S/C18H17N3O2Si/c1-21-15-9-14(7-8-16(15)23-17(21)22)13-5-3-12(4-6-13)10-18(20,11-19)24-2/h3-9H,10,20H2,1-2H3/t18-/m0/s1. The highest BCUT2D eigenvalue weighted by Crippen LogP contribution is 2.24. The molecule has 2 aromatic carbocycles. The van der Waals surface area contributed by atoms with E-state index in [0.717, 1.165) is 22.2 Å². The molecule has 0 saturated heterocycles. The fourth-order valence-corrected chi connectivity index (χ4v) is 3.12. The van der Waals surface area contributed by atoms with Gasteiger partial charge in [0.25, 0.3) is 0 Å². The van der Waals surface area contributed by atoms with Crippen molar-refractivity contribution in [2.75, 3.05) is 0 Å². The second kappa shape index (κ2) is 6.11. The normalized spacial score (nSPS) is 13.6. The average Bonchev–Trinajstić information content (AvgIpc) is 2.89. The summed E-state index contributed by atoms with van der Waals surface area (Å²) in [4.78, 5) is 11.6. The van der Waals surface area contributed by atoms with Crippen LogP contribution in [0.25, 0.3) is 22.2 Å². The van der Waals surface area contributed by atoms with E-state index in [2.05, 4.69) is 6.07 Å². The average molecular weight is 335 g/mol. The minimum atomic E-state index is -0.796. The maximum Gasteiger partial charge on any atom is 0.419 e. The molecule has 0 amide bonds. The van der Waals surface area contributed by atoms with Gasteiger partial charge in [-0.15, -0.1) is 0 Å². The first kappa shape index (κ1) is 16.2. The predicted molar refractivity (Wildman–Crippen MR) is 94.7 cm³/mol. The first-order valence-electron chi connectivity index (χ1n) is 7.54. The van der Waals surface area contributed by atoms with Crippen LogP contribution in [-0.2, 0) is 13.5 Å². The number of nitrogens with zero attached hydrogens (tertiary/aromatic N) is 2. The van der Waals surface area contributed by atoms with Crippen molar-refractivity contribution < 1.29 is 4.42 Å². The minimum Gasteiger partial charge on any atom is -0.408 e. The van der Waals surface area contributed by atoms with Gasteiger partial charge in [0.05, 0.1) is 26.3 Å². The number of nitriles is 1. The third-order valence-corrected chi connectivity index (χ3v) is 5.39. The molecule has 2 N–H and O–H groups in total. The van der Waals surface area contributed by atoms with Crippen LogP contribution in [-0.4, -0.2) is 19.2 Å². The molecule has 3 aromatic rings. The molecule has 0 aliphatic heterocycles. The SMILES string of the molecule is C[Si][C@](N)(C#N)Cc1ccc(-c2ccc3oc(=O)n(C)c3c2)cc1. The maximum absolute atomic E-state index is 11.6. The summed E-state index contributed by atoms with van der Waals surface area (Å²) < 4.78 is 6.64. The molecule has 0 aliphatic carbocycles. The van der Waals surface area contributed by atoms with Crippen molar-refractivity contribution in [2.24, 2.45) is 12.8 Å². The minimum absolute atomic E-state index is 0.361. The van der Waals surface area contributed by atoms with Crippen molar-refractivity contribution in [3.05, 3.63) is 58.6 Å². The van der Waals surface area contributed by atoms with E-state index < -0.39 is 5.16 Å². The largest absolute Gasteiger partial charge is 0.419 e. The number of rotatable bonds is 4. The summed E-state index contributed by atoms with van der Waals surface area (Å²) >= 11 is 0. The van der Waals surface area contributed by atoms with Gasteiger partial charge in [0.2, 0.25) is 0 Å². The molecule has 5 nitrogen and oxygen atoms in total. The van der Waals surface area contributed by atoms with E-state index in [4.69, 9.17) is 10.2 Å². The van der Waals surface area contributed by atoms with Gasteiger partial charge in [-0.1, -0.05) is 36.9 Å². The first-order valence-corrected chi connectivity index (χ1v) is 9.04. The molecule has 1 aromatic heterocycles.